The van der Waals surface area contributed by atoms with Crippen molar-refractivity contribution in [3.8, 4) is 6.01 Å². The third-order valence-electron chi connectivity index (χ3n) is 4.61. The van der Waals surface area contributed by atoms with E-state index in [-0.39, 0.29) is 23.8 Å². The molecule has 7 nitrogen and oxygen atoms in total. The molecule has 3 heterocycles. The van der Waals surface area contributed by atoms with Crippen LogP contribution in [0.4, 0.5) is 0 Å². The van der Waals surface area contributed by atoms with Gasteiger partial charge in [0.2, 0.25) is 11.8 Å². The van der Waals surface area contributed by atoms with E-state index in [0.717, 1.165) is 30.8 Å². The van der Waals surface area contributed by atoms with Gasteiger partial charge in [-0.3, -0.25) is 9.59 Å². The molecule has 0 bridgehead atoms. The van der Waals surface area contributed by atoms with Crippen LogP contribution in [0.15, 0.2) is 6.07 Å². The van der Waals surface area contributed by atoms with Crippen LogP contribution in [0.5, 0.6) is 6.01 Å². The van der Waals surface area contributed by atoms with Gasteiger partial charge in [0, 0.05) is 37.9 Å². The Morgan fingerprint density at radius 1 is 1.25 bits per heavy atom. The summed E-state index contributed by atoms with van der Waals surface area (Å²) in [5, 5.41) is 0. The first-order valence-electron chi connectivity index (χ1n) is 8.44. The zero-order chi connectivity index (χ0) is 17.3. The van der Waals surface area contributed by atoms with Crippen LogP contribution in [-0.2, 0) is 9.59 Å². The van der Waals surface area contributed by atoms with Gasteiger partial charge in [-0.1, -0.05) is 0 Å². The lowest BCUT2D eigenvalue weighted by Crippen LogP contribution is -2.47. The number of piperidine rings is 1. The van der Waals surface area contributed by atoms with Gasteiger partial charge in [0.1, 0.15) is 6.10 Å². The quantitative estimate of drug-likeness (QED) is 0.823. The Morgan fingerprint density at radius 2 is 1.96 bits per heavy atom. The fraction of sp³-hybridized carbons (Fsp3) is 0.647. The number of aromatic nitrogens is 2. The summed E-state index contributed by atoms with van der Waals surface area (Å²) < 4.78 is 5.91. The molecule has 2 fully saturated rings. The maximum Gasteiger partial charge on any atom is 0.317 e. The zero-order valence-corrected chi connectivity index (χ0v) is 14.5. The van der Waals surface area contributed by atoms with Crippen molar-refractivity contribution >= 4 is 11.8 Å². The van der Waals surface area contributed by atoms with Gasteiger partial charge in [-0.25, -0.2) is 9.97 Å². The molecule has 0 N–H and O–H groups in total. The highest BCUT2D eigenvalue weighted by Crippen LogP contribution is 2.22. The highest BCUT2D eigenvalue weighted by molar-refractivity contribution is 5.89. The number of aryl methyl sites for hydroxylation is 2. The number of likely N-dealkylation sites (tertiary alicyclic amines) is 2. The predicted octanol–water partition coefficient (Wildman–Crippen LogP) is 0.942. The first-order chi connectivity index (χ1) is 11.4. The van der Waals surface area contributed by atoms with Gasteiger partial charge in [-0.2, -0.15) is 0 Å². The second-order valence-corrected chi connectivity index (χ2v) is 6.77. The highest BCUT2D eigenvalue weighted by Gasteiger charge is 2.36. The van der Waals surface area contributed by atoms with Crippen LogP contribution in [0.1, 0.15) is 30.7 Å². The van der Waals surface area contributed by atoms with Crippen molar-refractivity contribution in [1.29, 1.82) is 0 Å². The first-order valence-corrected chi connectivity index (χ1v) is 8.44. The molecule has 2 aliphatic rings. The number of amides is 2. The van der Waals surface area contributed by atoms with Gasteiger partial charge < -0.3 is 14.5 Å². The number of carbonyl (C=O) groups is 2. The van der Waals surface area contributed by atoms with Crippen molar-refractivity contribution in [3.05, 3.63) is 17.5 Å². The standard InChI is InChI=1S/C17H24N4O3/c1-11-7-12(2)19-17(18-11)24-14-5-4-6-21(10-14)16(23)13-8-15(22)20(3)9-13/h7,13-14H,4-6,8-10H2,1-3H3. The molecule has 0 radical (unpaired) electrons. The molecule has 2 amide bonds. The van der Waals surface area contributed by atoms with Crippen LogP contribution in [0.25, 0.3) is 0 Å². The molecule has 3 rings (SSSR count). The second kappa shape index (κ2) is 6.75. The lowest BCUT2D eigenvalue weighted by Gasteiger charge is -2.33. The lowest BCUT2D eigenvalue weighted by atomic mass is 10.0. The van der Waals surface area contributed by atoms with Crippen LogP contribution in [0.3, 0.4) is 0 Å². The minimum absolute atomic E-state index is 0.0433. The summed E-state index contributed by atoms with van der Waals surface area (Å²) in [6, 6.07) is 2.28. The van der Waals surface area contributed by atoms with Gasteiger partial charge in [0.25, 0.3) is 0 Å². The predicted molar refractivity (Wildman–Crippen MR) is 87.5 cm³/mol. The molecule has 7 heteroatoms. The van der Waals surface area contributed by atoms with Gasteiger partial charge in [-0.05, 0) is 32.8 Å². The number of carbonyl (C=O) groups excluding carboxylic acids is 2. The third-order valence-corrected chi connectivity index (χ3v) is 4.61. The van der Waals surface area contributed by atoms with E-state index in [4.69, 9.17) is 4.74 Å². The summed E-state index contributed by atoms with van der Waals surface area (Å²) in [6.45, 7) is 5.59. The molecule has 2 unspecified atom stereocenters. The number of hydrogen-bond acceptors (Lipinski definition) is 5. The van der Waals surface area contributed by atoms with Crippen LogP contribution in [0, 0.1) is 19.8 Å². The SMILES string of the molecule is Cc1cc(C)nc(OC2CCCN(C(=O)C3CC(=O)N(C)C3)C2)n1. The van der Waals surface area contributed by atoms with Crippen molar-refractivity contribution in [2.45, 2.75) is 39.2 Å². The Bertz CT molecular complexity index is 628. The van der Waals surface area contributed by atoms with Gasteiger partial charge in [0.15, 0.2) is 0 Å². The maximum atomic E-state index is 12.7. The average Bonchev–Trinajstić information content (AvgIpc) is 2.85. The topological polar surface area (TPSA) is 75.6 Å². The Balaban J connectivity index is 1.62. The Morgan fingerprint density at radius 3 is 2.58 bits per heavy atom. The van der Waals surface area contributed by atoms with Crippen molar-refractivity contribution in [2.24, 2.45) is 5.92 Å². The summed E-state index contributed by atoms with van der Waals surface area (Å²) in [7, 11) is 1.75. The fourth-order valence-electron chi connectivity index (χ4n) is 3.42. The largest absolute Gasteiger partial charge is 0.458 e. The minimum Gasteiger partial charge on any atom is -0.458 e. The van der Waals surface area contributed by atoms with Gasteiger partial charge >= 0.3 is 6.01 Å². The van der Waals surface area contributed by atoms with Crippen LogP contribution < -0.4 is 4.74 Å². The summed E-state index contributed by atoms with van der Waals surface area (Å²) in [5.41, 5.74) is 1.74. The summed E-state index contributed by atoms with van der Waals surface area (Å²) in [4.78, 5) is 36.4. The van der Waals surface area contributed by atoms with Crippen molar-refractivity contribution in [2.75, 3.05) is 26.7 Å². The van der Waals surface area contributed by atoms with E-state index >= 15 is 0 Å². The number of rotatable bonds is 3. The molecule has 2 aliphatic heterocycles. The normalized spacial score (nSPS) is 24.4. The molecule has 0 aromatic carbocycles. The maximum absolute atomic E-state index is 12.7. The molecular formula is C17H24N4O3. The Kier molecular flexibility index (Phi) is 4.69. The van der Waals surface area contributed by atoms with E-state index in [0.29, 0.717) is 25.5 Å². The Labute approximate surface area is 142 Å². The monoisotopic (exact) mass is 332 g/mol. The van der Waals surface area contributed by atoms with E-state index in [9.17, 15) is 9.59 Å². The molecule has 2 saturated heterocycles. The first kappa shape index (κ1) is 16.7. The fourth-order valence-corrected chi connectivity index (χ4v) is 3.42. The molecule has 0 aliphatic carbocycles. The highest BCUT2D eigenvalue weighted by atomic mass is 16.5. The lowest BCUT2D eigenvalue weighted by molar-refractivity contribution is -0.138. The molecule has 0 saturated carbocycles. The molecule has 2 atom stereocenters. The van der Waals surface area contributed by atoms with Crippen molar-refractivity contribution < 1.29 is 14.3 Å². The molecule has 1 aromatic heterocycles. The van der Waals surface area contributed by atoms with Crippen LogP contribution >= 0.6 is 0 Å². The molecule has 24 heavy (non-hydrogen) atoms. The van der Waals surface area contributed by atoms with E-state index in [1.54, 1.807) is 11.9 Å². The second-order valence-electron chi connectivity index (χ2n) is 6.77. The zero-order valence-electron chi connectivity index (χ0n) is 14.5. The van der Waals surface area contributed by atoms with Crippen LogP contribution in [0.2, 0.25) is 0 Å². The van der Waals surface area contributed by atoms with Crippen molar-refractivity contribution in [1.82, 2.24) is 19.8 Å². The molecule has 0 spiro atoms. The van der Waals surface area contributed by atoms with Crippen molar-refractivity contribution in [3.63, 3.8) is 0 Å². The minimum atomic E-state index is -0.223. The van der Waals surface area contributed by atoms with E-state index < -0.39 is 0 Å². The average molecular weight is 332 g/mol. The van der Waals surface area contributed by atoms with E-state index in [1.165, 1.54) is 0 Å². The smallest absolute Gasteiger partial charge is 0.317 e. The third kappa shape index (κ3) is 3.66. The molecule has 130 valence electrons. The van der Waals surface area contributed by atoms with Gasteiger partial charge in [-0.15, -0.1) is 0 Å². The number of hydrogen-bond donors (Lipinski definition) is 0. The summed E-state index contributed by atoms with van der Waals surface area (Å²) in [5.74, 6) is -0.122. The number of nitrogens with zero attached hydrogens (tertiary/aromatic N) is 4. The van der Waals surface area contributed by atoms with E-state index in [1.807, 2.05) is 24.8 Å². The summed E-state index contributed by atoms with van der Waals surface area (Å²) >= 11 is 0. The Hall–Kier alpha value is -2.18. The molecule has 1 aromatic rings. The summed E-state index contributed by atoms with van der Waals surface area (Å²) in [6.07, 6.45) is 1.98. The number of ether oxygens (including phenoxy) is 1. The van der Waals surface area contributed by atoms with E-state index in [2.05, 4.69) is 9.97 Å². The molecular weight excluding hydrogens is 308 g/mol. The van der Waals surface area contributed by atoms with Crippen LogP contribution in [-0.4, -0.2) is 64.4 Å². The van der Waals surface area contributed by atoms with Gasteiger partial charge in [0.05, 0.1) is 12.5 Å².